The van der Waals surface area contributed by atoms with Gasteiger partial charge in [-0.05, 0) is 50.5 Å². The van der Waals surface area contributed by atoms with Crippen LogP contribution in [-0.2, 0) is 14.3 Å². The van der Waals surface area contributed by atoms with Crippen LogP contribution < -0.4 is 0 Å². The summed E-state index contributed by atoms with van der Waals surface area (Å²) >= 11 is 0. The maximum atomic E-state index is 12.7. The molecule has 3 saturated heterocycles. The van der Waals surface area contributed by atoms with Crippen molar-refractivity contribution in [1.29, 1.82) is 0 Å². The number of fused-ring (bicyclic) bond motifs is 2. The van der Waals surface area contributed by atoms with Crippen LogP contribution in [0, 0.1) is 29.1 Å². The summed E-state index contributed by atoms with van der Waals surface area (Å²) in [5, 5.41) is 0. The number of esters is 1. The molecule has 3 aliphatic heterocycles. The minimum absolute atomic E-state index is 0.0263. The van der Waals surface area contributed by atoms with Gasteiger partial charge in [0.05, 0.1) is 12.0 Å². The third-order valence-corrected chi connectivity index (χ3v) is 8.39. The quantitative estimate of drug-likeness (QED) is 0.568. The standard InChI is InChI=1S/C21H33NO3/c1-13-6-5-9-22(11-13)12-15-17-16(24-19(15)23)10-20(3)8-4-7-14(2)21(20)18(17)25-21/h13-18H,4-12H2,1-3H3/t13-,14-,15-,16+,17+,18-,20+,21-/m0/s1. The van der Waals surface area contributed by atoms with Crippen molar-refractivity contribution in [3.63, 3.8) is 0 Å². The van der Waals surface area contributed by atoms with Gasteiger partial charge in [-0.1, -0.05) is 27.2 Å². The normalized spacial score (nSPS) is 55.1. The lowest BCUT2D eigenvalue weighted by Gasteiger charge is -2.49. The highest BCUT2D eigenvalue weighted by atomic mass is 16.6. The Kier molecular flexibility index (Phi) is 3.61. The summed E-state index contributed by atoms with van der Waals surface area (Å²) in [5.74, 6) is 1.73. The van der Waals surface area contributed by atoms with E-state index >= 15 is 0 Å². The van der Waals surface area contributed by atoms with Crippen molar-refractivity contribution in [2.24, 2.45) is 29.1 Å². The van der Waals surface area contributed by atoms with Crippen LogP contribution in [0.2, 0.25) is 0 Å². The number of likely N-dealkylation sites (tertiary alicyclic amines) is 1. The SMILES string of the molecule is C[C@H]1CCCN(C[C@@H]2C(=O)O[C@@H]3C[C@@]4(C)CCC[C@H](C)[C@@]45O[C@H]5[C@H]23)C1. The molecule has 4 heteroatoms. The van der Waals surface area contributed by atoms with E-state index in [9.17, 15) is 4.79 Å². The molecule has 0 amide bonds. The van der Waals surface area contributed by atoms with Crippen molar-refractivity contribution >= 4 is 5.97 Å². The maximum Gasteiger partial charge on any atom is 0.311 e. The van der Waals surface area contributed by atoms with Crippen LogP contribution in [0.3, 0.4) is 0 Å². The number of ether oxygens (including phenoxy) is 2. The molecule has 5 aliphatic rings. The Labute approximate surface area is 151 Å². The van der Waals surface area contributed by atoms with Crippen LogP contribution >= 0.6 is 0 Å². The molecule has 0 aromatic rings. The van der Waals surface area contributed by atoms with Gasteiger partial charge in [0.2, 0.25) is 0 Å². The molecule has 1 spiro atoms. The summed E-state index contributed by atoms with van der Waals surface area (Å²) in [7, 11) is 0. The Morgan fingerprint density at radius 2 is 2.08 bits per heavy atom. The molecule has 0 aromatic carbocycles. The number of carbonyl (C=O) groups excluding carboxylic acids is 1. The third-order valence-electron chi connectivity index (χ3n) is 8.39. The molecule has 0 bridgehead atoms. The molecule has 0 aromatic heterocycles. The van der Waals surface area contributed by atoms with E-state index in [0.29, 0.717) is 11.8 Å². The van der Waals surface area contributed by atoms with Crippen molar-refractivity contribution < 1.29 is 14.3 Å². The minimum atomic E-state index is 0.0263. The molecule has 5 rings (SSSR count). The molecular weight excluding hydrogens is 314 g/mol. The van der Waals surface area contributed by atoms with Crippen LogP contribution in [0.5, 0.6) is 0 Å². The molecule has 0 radical (unpaired) electrons. The second-order valence-electron chi connectivity index (χ2n) is 10.1. The van der Waals surface area contributed by atoms with Gasteiger partial charge in [0.1, 0.15) is 11.7 Å². The average Bonchev–Trinajstić information content (AvgIpc) is 3.23. The van der Waals surface area contributed by atoms with Crippen LogP contribution in [0.25, 0.3) is 0 Å². The molecule has 2 saturated carbocycles. The van der Waals surface area contributed by atoms with Crippen molar-refractivity contribution in [3.05, 3.63) is 0 Å². The van der Waals surface area contributed by atoms with Crippen LogP contribution in [0.15, 0.2) is 0 Å². The summed E-state index contributed by atoms with van der Waals surface area (Å²) < 4.78 is 12.5. The number of hydrogen-bond donors (Lipinski definition) is 0. The molecule has 140 valence electrons. The summed E-state index contributed by atoms with van der Waals surface area (Å²) in [4.78, 5) is 15.3. The second-order valence-corrected chi connectivity index (χ2v) is 10.1. The molecule has 0 N–H and O–H groups in total. The van der Waals surface area contributed by atoms with E-state index in [4.69, 9.17) is 9.47 Å². The topological polar surface area (TPSA) is 42.1 Å². The Morgan fingerprint density at radius 1 is 1.24 bits per heavy atom. The lowest BCUT2D eigenvalue weighted by Crippen LogP contribution is -2.54. The van der Waals surface area contributed by atoms with Crippen molar-refractivity contribution in [2.75, 3.05) is 19.6 Å². The number of carbonyl (C=O) groups is 1. The molecule has 25 heavy (non-hydrogen) atoms. The molecule has 8 atom stereocenters. The van der Waals surface area contributed by atoms with E-state index in [1.165, 1.54) is 32.1 Å². The summed E-state index contributed by atoms with van der Waals surface area (Å²) in [6.45, 7) is 10.2. The van der Waals surface area contributed by atoms with E-state index in [-0.39, 0.29) is 35.1 Å². The molecule has 0 unspecified atom stereocenters. The molecular formula is C21H33NO3. The number of rotatable bonds is 2. The van der Waals surface area contributed by atoms with Gasteiger partial charge in [-0.15, -0.1) is 0 Å². The highest BCUT2D eigenvalue weighted by molar-refractivity contribution is 5.76. The first-order valence-corrected chi connectivity index (χ1v) is 10.6. The van der Waals surface area contributed by atoms with Gasteiger partial charge < -0.3 is 14.4 Å². The predicted molar refractivity (Wildman–Crippen MR) is 95.0 cm³/mol. The second kappa shape index (κ2) is 5.45. The number of hydrogen-bond acceptors (Lipinski definition) is 4. The molecule has 2 aliphatic carbocycles. The Morgan fingerprint density at radius 3 is 2.88 bits per heavy atom. The first-order valence-electron chi connectivity index (χ1n) is 10.6. The fourth-order valence-corrected chi connectivity index (χ4v) is 7.17. The van der Waals surface area contributed by atoms with Crippen molar-refractivity contribution in [1.82, 2.24) is 4.90 Å². The first-order chi connectivity index (χ1) is 11.9. The van der Waals surface area contributed by atoms with E-state index in [1.54, 1.807) is 0 Å². The van der Waals surface area contributed by atoms with Gasteiger partial charge in [0, 0.05) is 24.4 Å². The zero-order chi connectivity index (χ0) is 17.4. The summed E-state index contributed by atoms with van der Waals surface area (Å²) in [5.41, 5.74) is 0.235. The van der Waals surface area contributed by atoms with E-state index < -0.39 is 0 Å². The van der Waals surface area contributed by atoms with E-state index in [2.05, 4.69) is 25.7 Å². The first kappa shape index (κ1) is 16.6. The van der Waals surface area contributed by atoms with Crippen LogP contribution in [-0.4, -0.2) is 48.3 Å². The van der Waals surface area contributed by atoms with Gasteiger partial charge >= 0.3 is 5.97 Å². The Bertz CT molecular complexity index is 579. The van der Waals surface area contributed by atoms with E-state index in [0.717, 1.165) is 32.0 Å². The number of nitrogens with zero attached hydrogens (tertiary/aromatic N) is 1. The predicted octanol–water partition coefficient (Wildman–Crippen LogP) is 3.24. The Hall–Kier alpha value is -0.610. The number of piperidine rings is 1. The van der Waals surface area contributed by atoms with Gasteiger partial charge in [-0.3, -0.25) is 4.79 Å². The largest absolute Gasteiger partial charge is 0.462 e. The molecule has 4 nitrogen and oxygen atoms in total. The average molecular weight is 347 g/mol. The number of epoxide rings is 1. The minimum Gasteiger partial charge on any atom is -0.462 e. The highest BCUT2D eigenvalue weighted by Gasteiger charge is 2.78. The summed E-state index contributed by atoms with van der Waals surface area (Å²) in [6.07, 6.45) is 7.72. The summed E-state index contributed by atoms with van der Waals surface area (Å²) in [6, 6.07) is 0. The lowest BCUT2D eigenvalue weighted by atomic mass is 9.53. The fourth-order valence-electron chi connectivity index (χ4n) is 7.17. The van der Waals surface area contributed by atoms with Crippen molar-refractivity contribution in [2.45, 2.75) is 77.1 Å². The highest BCUT2D eigenvalue weighted by Crippen LogP contribution is 2.70. The molecule has 3 heterocycles. The van der Waals surface area contributed by atoms with Crippen molar-refractivity contribution in [3.8, 4) is 0 Å². The smallest absolute Gasteiger partial charge is 0.311 e. The third kappa shape index (κ3) is 2.22. The molecule has 5 fully saturated rings. The zero-order valence-corrected chi connectivity index (χ0v) is 16.0. The zero-order valence-electron chi connectivity index (χ0n) is 16.0. The van der Waals surface area contributed by atoms with Gasteiger partial charge in [-0.25, -0.2) is 0 Å². The van der Waals surface area contributed by atoms with Gasteiger partial charge in [0.25, 0.3) is 0 Å². The lowest BCUT2D eigenvalue weighted by molar-refractivity contribution is -0.146. The monoisotopic (exact) mass is 347 g/mol. The maximum absolute atomic E-state index is 12.7. The van der Waals surface area contributed by atoms with Crippen LogP contribution in [0.1, 0.15) is 59.3 Å². The van der Waals surface area contributed by atoms with Crippen LogP contribution in [0.4, 0.5) is 0 Å². The van der Waals surface area contributed by atoms with Gasteiger partial charge in [0.15, 0.2) is 0 Å². The van der Waals surface area contributed by atoms with E-state index in [1.807, 2.05) is 0 Å². The van der Waals surface area contributed by atoms with Gasteiger partial charge in [-0.2, -0.15) is 0 Å². The fraction of sp³-hybridized carbons (Fsp3) is 0.952. The Balaban J connectivity index is 1.39.